The summed E-state index contributed by atoms with van der Waals surface area (Å²) < 4.78 is 16.4. The van der Waals surface area contributed by atoms with Crippen LogP contribution in [0.25, 0.3) is 0 Å². The Kier molecular flexibility index (Phi) is 5.76. The molecule has 25 heavy (non-hydrogen) atoms. The van der Waals surface area contributed by atoms with Crippen LogP contribution in [-0.4, -0.2) is 30.0 Å². The number of nitrogens with two attached hydrogens (primary N) is 1. The number of benzene rings is 1. The lowest BCUT2D eigenvalue weighted by molar-refractivity contribution is -0.162. The molecule has 0 spiro atoms. The number of hydrogen-bond acceptors (Lipinski definition) is 6. The van der Waals surface area contributed by atoms with Crippen molar-refractivity contribution < 1.29 is 14.0 Å². The van der Waals surface area contributed by atoms with E-state index in [0.717, 1.165) is 11.3 Å². The van der Waals surface area contributed by atoms with E-state index in [1.165, 1.54) is 0 Å². The Morgan fingerprint density at radius 2 is 1.96 bits per heavy atom. The maximum absolute atomic E-state index is 6.57. The molecule has 2 N–H and O–H groups in total. The summed E-state index contributed by atoms with van der Waals surface area (Å²) in [5.74, 6) is 1.95. The first kappa shape index (κ1) is 19.7. The second-order valence-corrected chi connectivity index (χ2v) is 6.88. The van der Waals surface area contributed by atoms with E-state index in [-0.39, 0.29) is 23.9 Å². The van der Waals surface area contributed by atoms with Gasteiger partial charge >= 0.3 is 0 Å². The summed E-state index contributed by atoms with van der Waals surface area (Å²) in [7, 11) is 1.65. The monoisotopic (exact) mass is 367 g/mol. The van der Waals surface area contributed by atoms with E-state index in [4.69, 9.17) is 19.7 Å². The predicted octanol–water partition coefficient (Wildman–Crippen LogP) is 3.08. The van der Waals surface area contributed by atoms with E-state index in [9.17, 15) is 0 Å². The highest BCUT2D eigenvalue weighted by atomic mass is 35.5. The molecule has 6 nitrogen and oxygen atoms in total. The Morgan fingerprint density at radius 3 is 2.52 bits per heavy atom. The van der Waals surface area contributed by atoms with E-state index in [1.807, 2.05) is 31.2 Å². The fourth-order valence-electron chi connectivity index (χ4n) is 3.23. The summed E-state index contributed by atoms with van der Waals surface area (Å²) in [5.41, 5.74) is 6.78. The maximum Gasteiger partial charge on any atom is 0.247 e. The Hall–Kier alpha value is -1.63. The largest absolute Gasteiger partial charge is 0.497 e. The van der Waals surface area contributed by atoms with Gasteiger partial charge in [0.25, 0.3) is 0 Å². The SMILES string of the molecule is CCOC1CC(N)(c2nc(Cc3ccc(OC)cc3)no2)C1(C)C.Cl. The Morgan fingerprint density at radius 1 is 1.28 bits per heavy atom. The number of nitrogens with zero attached hydrogens (tertiary/aromatic N) is 2. The predicted molar refractivity (Wildman–Crippen MR) is 97.0 cm³/mol. The average molecular weight is 368 g/mol. The van der Waals surface area contributed by atoms with Crippen LogP contribution >= 0.6 is 12.4 Å². The van der Waals surface area contributed by atoms with Gasteiger partial charge in [0.1, 0.15) is 11.3 Å². The summed E-state index contributed by atoms with van der Waals surface area (Å²) in [6.07, 6.45) is 1.40. The lowest BCUT2D eigenvalue weighted by Gasteiger charge is -2.56. The highest BCUT2D eigenvalue weighted by Crippen LogP contribution is 2.55. The molecule has 1 aliphatic carbocycles. The third-order valence-corrected chi connectivity index (χ3v) is 5.20. The molecular weight excluding hydrogens is 342 g/mol. The molecule has 7 heteroatoms. The summed E-state index contributed by atoms with van der Waals surface area (Å²) in [6.45, 7) is 6.84. The van der Waals surface area contributed by atoms with Crippen LogP contribution in [0.15, 0.2) is 28.8 Å². The van der Waals surface area contributed by atoms with E-state index in [1.54, 1.807) is 7.11 Å². The molecule has 0 amide bonds. The molecule has 2 aromatic rings. The Labute approximate surface area is 154 Å². The number of hydrogen-bond donors (Lipinski definition) is 1. The smallest absolute Gasteiger partial charge is 0.247 e. The summed E-state index contributed by atoms with van der Waals surface area (Å²) in [6, 6.07) is 7.82. The molecule has 1 heterocycles. The van der Waals surface area contributed by atoms with Crippen molar-refractivity contribution in [3.8, 4) is 5.75 Å². The molecule has 2 atom stereocenters. The van der Waals surface area contributed by atoms with Crippen LogP contribution in [0.2, 0.25) is 0 Å². The van der Waals surface area contributed by atoms with Gasteiger partial charge in [0.2, 0.25) is 5.89 Å². The molecule has 0 radical (unpaired) electrons. The van der Waals surface area contributed by atoms with E-state index in [2.05, 4.69) is 24.0 Å². The van der Waals surface area contributed by atoms with Crippen molar-refractivity contribution in [1.29, 1.82) is 0 Å². The minimum Gasteiger partial charge on any atom is -0.497 e. The van der Waals surface area contributed by atoms with Crippen LogP contribution in [-0.2, 0) is 16.7 Å². The minimum atomic E-state index is -0.641. The number of aromatic nitrogens is 2. The van der Waals surface area contributed by atoms with E-state index in [0.29, 0.717) is 31.2 Å². The number of ether oxygens (including phenoxy) is 2. The molecule has 3 rings (SSSR count). The van der Waals surface area contributed by atoms with Crippen LogP contribution in [0.4, 0.5) is 0 Å². The van der Waals surface area contributed by atoms with Gasteiger partial charge in [0, 0.05) is 24.9 Å². The summed E-state index contributed by atoms with van der Waals surface area (Å²) >= 11 is 0. The van der Waals surface area contributed by atoms with E-state index < -0.39 is 5.54 Å². The third kappa shape index (κ3) is 3.38. The van der Waals surface area contributed by atoms with Crippen molar-refractivity contribution in [2.45, 2.75) is 45.3 Å². The van der Waals surface area contributed by atoms with Gasteiger partial charge in [-0.15, -0.1) is 12.4 Å². The molecule has 0 aliphatic heterocycles. The van der Waals surface area contributed by atoms with Crippen LogP contribution in [0.5, 0.6) is 5.75 Å². The highest BCUT2D eigenvalue weighted by molar-refractivity contribution is 5.85. The second-order valence-electron chi connectivity index (χ2n) is 6.88. The van der Waals surface area contributed by atoms with Crippen LogP contribution in [0, 0.1) is 5.41 Å². The molecule has 0 saturated heterocycles. The first-order chi connectivity index (χ1) is 11.4. The molecule has 1 aromatic carbocycles. The zero-order valence-electron chi connectivity index (χ0n) is 15.1. The lowest BCUT2D eigenvalue weighted by atomic mass is 9.54. The molecule has 1 aliphatic rings. The zero-order chi connectivity index (χ0) is 17.4. The summed E-state index contributed by atoms with van der Waals surface area (Å²) in [5, 5.41) is 4.10. The standard InChI is InChI=1S/C18H25N3O3.ClH/c1-5-23-14-11-18(19,17(14,2)3)16-20-15(21-24-16)10-12-6-8-13(22-4)9-7-12;/h6-9,14H,5,10-11,19H2,1-4H3;1H. The van der Waals surface area contributed by atoms with Crippen molar-refractivity contribution in [3.05, 3.63) is 41.5 Å². The lowest BCUT2D eigenvalue weighted by Crippen LogP contribution is -2.67. The molecule has 1 fully saturated rings. The van der Waals surface area contributed by atoms with Crippen molar-refractivity contribution in [2.24, 2.45) is 11.1 Å². The van der Waals surface area contributed by atoms with Crippen molar-refractivity contribution in [2.75, 3.05) is 13.7 Å². The Balaban J connectivity index is 0.00000225. The zero-order valence-corrected chi connectivity index (χ0v) is 15.9. The van der Waals surface area contributed by atoms with Crippen molar-refractivity contribution >= 4 is 12.4 Å². The second kappa shape index (κ2) is 7.32. The van der Waals surface area contributed by atoms with Crippen LogP contribution in [0.1, 0.15) is 44.5 Å². The van der Waals surface area contributed by atoms with E-state index >= 15 is 0 Å². The Bertz CT molecular complexity index is 702. The van der Waals surface area contributed by atoms with Gasteiger partial charge in [-0.1, -0.05) is 31.1 Å². The van der Waals surface area contributed by atoms with Gasteiger partial charge in [-0.25, -0.2) is 0 Å². The van der Waals surface area contributed by atoms with Gasteiger partial charge in [0.05, 0.1) is 13.2 Å². The summed E-state index contributed by atoms with van der Waals surface area (Å²) in [4.78, 5) is 4.54. The topological polar surface area (TPSA) is 83.4 Å². The van der Waals surface area contributed by atoms with Crippen molar-refractivity contribution in [1.82, 2.24) is 10.1 Å². The minimum absolute atomic E-state index is 0. The van der Waals surface area contributed by atoms with Crippen LogP contribution < -0.4 is 10.5 Å². The fraction of sp³-hybridized carbons (Fsp3) is 0.556. The molecule has 2 unspecified atom stereocenters. The average Bonchev–Trinajstić information content (AvgIpc) is 3.04. The van der Waals surface area contributed by atoms with Gasteiger partial charge in [-0.3, -0.25) is 0 Å². The first-order valence-corrected chi connectivity index (χ1v) is 8.27. The third-order valence-electron chi connectivity index (χ3n) is 5.20. The van der Waals surface area contributed by atoms with Crippen molar-refractivity contribution in [3.63, 3.8) is 0 Å². The first-order valence-electron chi connectivity index (χ1n) is 8.27. The van der Waals surface area contributed by atoms with Gasteiger partial charge in [-0.05, 0) is 24.6 Å². The molecule has 1 saturated carbocycles. The molecular formula is C18H26ClN3O3. The van der Waals surface area contributed by atoms with Gasteiger partial charge in [-0.2, -0.15) is 4.98 Å². The normalized spacial score (nSPS) is 24.3. The fourth-order valence-corrected chi connectivity index (χ4v) is 3.23. The molecule has 0 bridgehead atoms. The quantitative estimate of drug-likeness (QED) is 0.844. The number of halogens is 1. The maximum atomic E-state index is 6.57. The molecule has 138 valence electrons. The van der Waals surface area contributed by atoms with Gasteiger partial charge in [0.15, 0.2) is 5.82 Å². The van der Waals surface area contributed by atoms with Crippen LogP contribution in [0.3, 0.4) is 0 Å². The number of methoxy groups -OCH3 is 1. The van der Waals surface area contributed by atoms with Gasteiger partial charge < -0.3 is 19.7 Å². The highest BCUT2D eigenvalue weighted by Gasteiger charge is 2.62. The number of rotatable bonds is 6. The molecule has 1 aromatic heterocycles.